The summed E-state index contributed by atoms with van der Waals surface area (Å²) in [6.07, 6.45) is 0.959. The number of benzene rings is 1. The molecule has 0 radical (unpaired) electrons. The SMILES string of the molecule is COC(=O)C1CCn2c(-c3cccc(C)c3)nc(C(=O)O)c2C1. The van der Waals surface area contributed by atoms with Gasteiger partial charge in [0.15, 0.2) is 5.69 Å². The molecule has 23 heavy (non-hydrogen) atoms. The Hall–Kier alpha value is -2.63. The summed E-state index contributed by atoms with van der Waals surface area (Å²) in [6.45, 7) is 2.54. The summed E-state index contributed by atoms with van der Waals surface area (Å²) in [5, 5.41) is 9.45. The summed E-state index contributed by atoms with van der Waals surface area (Å²) in [6, 6.07) is 7.80. The van der Waals surface area contributed by atoms with Gasteiger partial charge in [-0.2, -0.15) is 0 Å². The van der Waals surface area contributed by atoms with E-state index in [1.165, 1.54) is 7.11 Å². The normalized spacial score (nSPS) is 16.7. The molecule has 1 unspecified atom stereocenters. The van der Waals surface area contributed by atoms with E-state index in [0.717, 1.165) is 11.1 Å². The predicted molar refractivity (Wildman–Crippen MR) is 83.2 cm³/mol. The second-order valence-corrected chi connectivity index (χ2v) is 5.77. The van der Waals surface area contributed by atoms with E-state index < -0.39 is 5.97 Å². The summed E-state index contributed by atoms with van der Waals surface area (Å²) < 4.78 is 6.71. The van der Waals surface area contributed by atoms with E-state index in [-0.39, 0.29) is 17.6 Å². The predicted octanol–water partition coefficient (Wildman–Crippen LogP) is 2.29. The number of methoxy groups -OCH3 is 1. The van der Waals surface area contributed by atoms with E-state index >= 15 is 0 Å². The molecular weight excluding hydrogens is 296 g/mol. The van der Waals surface area contributed by atoms with Crippen LogP contribution in [0.5, 0.6) is 0 Å². The number of aryl methyl sites for hydroxylation is 1. The van der Waals surface area contributed by atoms with Crippen molar-refractivity contribution in [3.8, 4) is 11.4 Å². The fourth-order valence-corrected chi connectivity index (χ4v) is 3.10. The molecule has 0 fully saturated rings. The molecule has 6 nitrogen and oxygen atoms in total. The lowest BCUT2D eigenvalue weighted by atomic mass is 9.95. The van der Waals surface area contributed by atoms with E-state index in [1.807, 2.05) is 35.8 Å². The number of carbonyl (C=O) groups is 2. The maximum absolute atomic E-state index is 11.8. The summed E-state index contributed by atoms with van der Waals surface area (Å²) in [5.74, 6) is -1.04. The number of nitrogens with zero attached hydrogens (tertiary/aromatic N) is 2. The summed E-state index contributed by atoms with van der Waals surface area (Å²) >= 11 is 0. The van der Waals surface area contributed by atoms with Crippen molar-refractivity contribution >= 4 is 11.9 Å². The number of carbonyl (C=O) groups excluding carboxylic acids is 1. The molecule has 1 atom stereocenters. The Morgan fingerprint density at radius 2 is 2.17 bits per heavy atom. The Bertz CT molecular complexity index is 779. The van der Waals surface area contributed by atoms with E-state index in [4.69, 9.17) is 4.74 Å². The Kier molecular flexibility index (Phi) is 3.90. The number of rotatable bonds is 3. The monoisotopic (exact) mass is 314 g/mol. The minimum atomic E-state index is -1.07. The van der Waals surface area contributed by atoms with Gasteiger partial charge >= 0.3 is 11.9 Å². The molecule has 1 aromatic heterocycles. The maximum atomic E-state index is 11.8. The van der Waals surface area contributed by atoms with Crippen LogP contribution in [0.15, 0.2) is 24.3 Å². The first kappa shape index (κ1) is 15.3. The van der Waals surface area contributed by atoms with Gasteiger partial charge in [-0.05, 0) is 19.4 Å². The van der Waals surface area contributed by atoms with Crippen LogP contribution in [0.1, 0.15) is 28.2 Å². The third kappa shape index (κ3) is 2.72. The zero-order chi connectivity index (χ0) is 16.6. The van der Waals surface area contributed by atoms with Crippen molar-refractivity contribution in [1.82, 2.24) is 9.55 Å². The van der Waals surface area contributed by atoms with Crippen molar-refractivity contribution in [3.63, 3.8) is 0 Å². The number of aromatic nitrogens is 2. The van der Waals surface area contributed by atoms with Crippen LogP contribution in [0.2, 0.25) is 0 Å². The second-order valence-electron chi connectivity index (χ2n) is 5.77. The third-order valence-electron chi connectivity index (χ3n) is 4.23. The lowest BCUT2D eigenvalue weighted by Gasteiger charge is -2.23. The zero-order valence-corrected chi connectivity index (χ0v) is 13.1. The molecule has 0 amide bonds. The van der Waals surface area contributed by atoms with Crippen molar-refractivity contribution in [1.29, 1.82) is 0 Å². The van der Waals surface area contributed by atoms with E-state index in [0.29, 0.717) is 30.9 Å². The van der Waals surface area contributed by atoms with Gasteiger partial charge in [0, 0.05) is 18.5 Å². The molecule has 0 saturated heterocycles. The first-order valence-electron chi connectivity index (χ1n) is 7.48. The number of imidazole rings is 1. The molecule has 1 aromatic carbocycles. The number of aromatic carboxylic acids is 1. The van der Waals surface area contributed by atoms with Crippen molar-refractivity contribution in [2.24, 2.45) is 5.92 Å². The number of carboxylic acids is 1. The van der Waals surface area contributed by atoms with Crippen LogP contribution in [-0.2, 0) is 22.5 Å². The van der Waals surface area contributed by atoms with Gasteiger partial charge in [0.1, 0.15) is 5.82 Å². The van der Waals surface area contributed by atoms with Gasteiger partial charge in [-0.1, -0.05) is 23.8 Å². The largest absolute Gasteiger partial charge is 0.476 e. The van der Waals surface area contributed by atoms with Crippen LogP contribution in [0, 0.1) is 12.8 Å². The Morgan fingerprint density at radius 1 is 1.39 bits per heavy atom. The molecule has 1 aliphatic rings. The average molecular weight is 314 g/mol. The Labute approximate surface area is 133 Å². The Balaban J connectivity index is 2.08. The third-order valence-corrected chi connectivity index (χ3v) is 4.23. The second kappa shape index (κ2) is 5.87. The highest BCUT2D eigenvalue weighted by Crippen LogP contribution is 2.30. The number of carboxylic acid groups (broad SMARTS) is 1. The highest BCUT2D eigenvalue weighted by molar-refractivity contribution is 5.88. The topological polar surface area (TPSA) is 81.4 Å². The minimum Gasteiger partial charge on any atom is -0.476 e. The van der Waals surface area contributed by atoms with Crippen LogP contribution in [0.3, 0.4) is 0 Å². The van der Waals surface area contributed by atoms with Gasteiger partial charge in [-0.3, -0.25) is 4.79 Å². The standard InChI is InChI=1S/C17H18N2O4/c1-10-4-3-5-11(8-10)15-18-14(16(20)21)13-9-12(17(22)23-2)6-7-19(13)15/h3-5,8,12H,6-7,9H2,1-2H3,(H,20,21). The van der Waals surface area contributed by atoms with Crippen LogP contribution in [0.4, 0.5) is 0 Å². The lowest BCUT2D eigenvalue weighted by Crippen LogP contribution is -2.27. The van der Waals surface area contributed by atoms with E-state index in [9.17, 15) is 14.7 Å². The molecule has 1 aliphatic heterocycles. The maximum Gasteiger partial charge on any atom is 0.356 e. The quantitative estimate of drug-likeness (QED) is 0.879. The zero-order valence-electron chi connectivity index (χ0n) is 13.1. The van der Waals surface area contributed by atoms with Gasteiger partial charge in [0.05, 0.1) is 18.7 Å². The van der Waals surface area contributed by atoms with Gasteiger partial charge in [0.25, 0.3) is 0 Å². The molecule has 0 aliphatic carbocycles. The number of esters is 1. The van der Waals surface area contributed by atoms with Crippen LogP contribution < -0.4 is 0 Å². The number of ether oxygens (including phenoxy) is 1. The van der Waals surface area contributed by atoms with Crippen molar-refractivity contribution in [2.75, 3.05) is 7.11 Å². The molecule has 2 heterocycles. The molecular formula is C17H18N2O4. The molecule has 0 bridgehead atoms. The van der Waals surface area contributed by atoms with Crippen LogP contribution in [-0.4, -0.2) is 33.7 Å². The number of hydrogen-bond acceptors (Lipinski definition) is 4. The summed E-state index contributed by atoms with van der Waals surface area (Å²) in [7, 11) is 1.35. The van der Waals surface area contributed by atoms with Crippen molar-refractivity contribution in [2.45, 2.75) is 26.3 Å². The average Bonchev–Trinajstić information content (AvgIpc) is 2.93. The van der Waals surface area contributed by atoms with Crippen LogP contribution in [0.25, 0.3) is 11.4 Å². The molecule has 1 N–H and O–H groups in total. The molecule has 3 rings (SSSR count). The molecule has 0 saturated carbocycles. The fraction of sp³-hybridized carbons (Fsp3) is 0.353. The fourth-order valence-electron chi connectivity index (χ4n) is 3.10. The van der Waals surface area contributed by atoms with Gasteiger partial charge in [0.2, 0.25) is 0 Å². The molecule has 0 spiro atoms. The molecule has 120 valence electrons. The lowest BCUT2D eigenvalue weighted by molar-refractivity contribution is -0.146. The molecule has 6 heteroatoms. The Morgan fingerprint density at radius 3 is 2.83 bits per heavy atom. The first-order valence-corrected chi connectivity index (χ1v) is 7.48. The minimum absolute atomic E-state index is 0.0232. The van der Waals surface area contributed by atoms with Crippen molar-refractivity contribution < 1.29 is 19.4 Å². The first-order chi connectivity index (χ1) is 11.0. The highest BCUT2D eigenvalue weighted by atomic mass is 16.5. The van der Waals surface area contributed by atoms with Gasteiger partial charge in [-0.25, -0.2) is 9.78 Å². The number of hydrogen-bond donors (Lipinski definition) is 1. The molecule has 2 aromatic rings. The van der Waals surface area contributed by atoms with Gasteiger partial charge < -0.3 is 14.4 Å². The van der Waals surface area contributed by atoms with E-state index in [2.05, 4.69) is 4.98 Å². The van der Waals surface area contributed by atoms with Gasteiger partial charge in [-0.15, -0.1) is 0 Å². The number of fused-ring (bicyclic) bond motifs is 1. The smallest absolute Gasteiger partial charge is 0.356 e. The van der Waals surface area contributed by atoms with E-state index in [1.54, 1.807) is 0 Å². The highest BCUT2D eigenvalue weighted by Gasteiger charge is 2.32. The summed E-state index contributed by atoms with van der Waals surface area (Å²) in [4.78, 5) is 27.7. The van der Waals surface area contributed by atoms with Crippen LogP contribution >= 0.6 is 0 Å². The van der Waals surface area contributed by atoms with Crippen molar-refractivity contribution in [3.05, 3.63) is 41.2 Å². The summed E-state index contributed by atoms with van der Waals surface area (Å²) in [5.41, 5.74) is 2.58.